The largest absolute Gasteiger partial charge is 0.481 e. The van der Waals surface area contributed by atoms with Crippen molar-refractivity contribution in [2.45, 2.75) is 26.3 Å². The highest BCUT2D eigenvalue weighted by molar-refractivity contribution is 6.33. The van der Waals surface area contributed by atoms with E-state index in [0.29, 0.717) is 23.7 Å². The van der Waals surface area contributed by atoms with E-state index in [-0.39, 0.29) is 12.1 Å². The van der Waals surface area contributed by atoms with Gasteiger partial charge in [0.25, 0.3) is 0 Å². The molecule has 1 heterocycles. The second kappa shape index (κ2) is 5.71. The first-order valence-electron chi connectivity index (χ1n) is 6.46. The number of hydrogen-bond acceptors (Lipinski definition) is 2. The highest BCUT2D eigenvalue weighted by Gasteiger charge is 2.38. The van der Waals surface area contributed by atoms with Gasteiger partial charge in [0, 0.05) is 12.6 Å². The molecule has 1 aromatic carbocycles. The van der Waals surface area contributed by atoms with E-state index in [1.54, 1.807) is 19.1 Å². The van der Waals surface area contributed by atoms with Crippen LogP contribution >= 0.6 is 11.6 Å². The van der Waals surface area contributed by atoms with Gasteiger partial charge in [-0.2, -0.15) is 0 Å². The van der Waals surface area contributed by atoms with Gasteiger partial charge in [-0.05, 0) is 38.0 Å². The first-order chi connectivity index (χ1) is 9.40. The number of urea groups is 1. The van der Waals surface area contributed by atoms with Crippen LogP contribution < -0.4 is 5.32 Å². The number of carboxylic acids is 1. The molecule has 2 atom stereocenters. The number of anilines is 1. The molecule has 0 bridgehead atoms. The number of carboxylic acid groups (broad SMARTS) is 1. The third-order valence-corrected chi connectivity index (χ3v) is 4.01. The van der Waals surface area contributed by atoms with Crippen molar-refractivity contribution in [3.63, 3.8) is 0 Å². The minimum absolute atomic E-state index is 0.313. The molecule has 6 heteroatoms. The topological polar surface area (TPSA) is 69.6 Å². The average Bonchev–Trinajstić information content (AvgIpc) is 2.74. The fourth-order valence-electron chi connectivity index (χ4n) is 2.47. The fraction of sp³-hybridized carbons (Fsp3) is 0.429. The predicted molar refractivity (Wildman–Crippen MR) is 77.1 cm³/mol. The summed E-state index contributed by atoms with van der Waals surface area (Å²) in [6, 6.07) is 4.73. The summed E-state index contributed by atoms with van der Waals surface area (Å²) in [5.74, 6) is -1.37. The average molecular weight is 297 g/mol. The lowest BCUT2D eigenvalue weighted by Gasteiger charge is -2.23. The molecule has 1 fully saturated rings. The van der Waals surface area contributed by atoms with Crippen molar-refractivity contribution < 1.29 is 14.7 Å². The molecular formula is C14H17ClN2O3. The molecule has 0 spiro atoms. The van der Waals surface area contributed by atoms with E-state index in [0.717, 1.165) is 5.56 Å². The molecule has 108 valence electrons. The van der Waals surface area contributed by atoms with E-state index in [9.17, 15) is 9.59 Å². The van der Waals surface area contributed by atoms with E-state index < -0.39 is 11.9 Å². The van der Waals surface area contributed by atoms with Gasteiger partial charge in [-0.3, -0.25) is 4.79 Å². The maximum atomic E-state index is 12.2. The molecule has 1 aliphatic rings. The van der Waals surface area contributed by atoms with Crippen LogP contribution in [0.4, 0.5) is 10.5 Å². The zero-order chi connectivity index (χ0) is 14.9. The Morgan fingerprint density at radius 2 is 2.15 bits per heavy atom. The molecular weight excluding hydrogens is 280 g/mol. The smallest absolute Gasteiger partial charge is 0.322 e. The van der Waals surface area contributed by atoms with Crippen molar-refractivity contribution >= 4 is 29.3 Å². The molecule has 2 amide bonds. The molecule has 5 nitrogen and oxygen atoms in total. The van der Waals surface area contributed by atoms with Crippen molar-refractivity contribution in [2.75, 3.05) is 11.9 Å². The minimum atomic E-state index is -0.860. The van der Waals surface area contributed by atoms with E-state index in [2.05, 4.69) is 5.32 Å². The number of nitrogens with zero attached hydrogens (tertiary/aromatic N) is 1. The van der Waals surface area contributed by atoms with Gasteiger partial charge in [0.2, 0.25) is 0 Å². The monoisotopic (exact) mass is 296 g/mol. The summed E-state index contributed by atoms with van der Waals surface area (Å²) in [5, 5.41) is 12.3. The second-order valence-corrected chi connectivity index (χ2v) is 5.49. The normalized spacial score (nSPS) is 21.9. The molecule has 1 aromatic rings. The summed E-state index contributed by atoms with van der Waals surface area (Å²) in [5.41, 5.74) is 1.54. The molecule has 1 aliphatic heterocycles. The van der Waals surface area contributed by atoms with Crippen molar-refractivity contribution in [1.82, 2.24) is 4.90 Å². The number of carbonyl (C=O) groups is 2. The van der Waals surface area contributed by atoms with Crippen molar-refractivity contribution in [1.29, 1.82) is 0 Å². The van der Waals surface area contributed by atoms with Crippen LogP contribution in [0.2, 0.25) is 5.02 Å². The Balaban J connectivity index is 2.07. The first kappa shape index (κ1) is 14.7. The summed E-state index contributed by atoms with van der Waals surface area (Å²) < 4.78 is 0. The third kappa shape index (κ3) is 2.88. The number of hydrogen-bond donors (Lipinski definition) is 2. The van der Waals surface area contributed by atoms with Crippen LogP contribution in [-0.2, 0) is 4.79 Å². The molecule has 20 heavy (non-hydrogen) atoms. The number of aryl methyl sites for hydroxylation is 1. The maximum absolute atomic E-state index is 12.2. The zero-order valence-electron chi connectivity index (χ0n) is 11.4. The molecule has 2 rings (SSSR count). The highest BCUT2D eigenvalue weighted by Crippen LogP contribution is 2.27. The zero-order valence-corrected chi connectivity index (χ0v) is 12.1. The Bertz CT molecular complexity index is 547. The Kier molecular flexibility index (Phi) is 4.18. The van der Waals surface area contributed by atoms with Gasteiger partial charge < -0.3 is 15.3 Å². The second-order valence-electron chi connectivity index (χ2n) is 5.08. The fourth-order valence-corrected chi connectivity index (χ4v) is 2.75. The lowest BCUT2D eigenvalue weighted by Crippen LogP contribution is -2.40. The molecule has 2 N–H and O–H groups in total. The molecule has 0 aromatic heterocycles. The maximum Gasteiger partial charge on any atom is 0.322 e. The summed E-state index contributed by atoms with van der Waals surface area (Å²) >= 11 is 6.07. The Labute approximate surface area is 122 Å². The number of halogens is 1. The lowest BCUT2D eigenvalue weighted by molar-refractivity contribution is -0.142. The van der Waals surface area contributed by atoms with Crippen LogP contribution in [0.5, 0.6) is 0 Å². The van der Waals surface area contributed by atoms with Crippen LogP contribution in [0.1, 0.15) is 18.9 Å². The van der Waals surface area contributed by atoms with E-state index in [1.165, 1.54) is 4.90 Å². The summed E-state index contributed by atoms with van der Waals surface area (Å²) in [6.07, 6.45) is 0.478. The van der Waals surface area contributed by atoms with Gasteiger partial charge in [-0.15, -0.1) is 0 Å². The molecule has 0 saturated carbocycles. The van der Waals surface area contributed by atoms with Gasteiger partial charge in [0.15, 0.2) is 0 Å². The Morgan fingerprint density at radius 3 is 2.70 bits per heavy atom. The number of benzene rings is 1. The Morgan fingerprint density at radius 1 is 1.45 bits per heavy atom. The molecule has 1 saturated heterocycles. The van der Waals surface area contributed by atoms with Gasteiger partial charge in [0.1, 0.15) is 0 Å². The van der Waals surface area contributed by atoms with Crippen molar-refractivity contribution in [2.24, 2.45) is 5.92 Å². The van der Waals surface area contributed by atoms with Crippen LogP contribution in [0.3, 0.4) is 0 Å². The molecule has 0 aliphatic carbocycles. The SMILES string of the molecule is Cc1ccc(NC(=O)N2CCC(C(=O)O)C2C)c(Cl)c1. The molecule has 2 unspecified atom stereocenters. The number of rotatable bonds is 2. The number of nitrogens with one attached hydrogen (secondary N) is 1. The number of likely N-dealkylation sites (tertiary alicyclic amines) is 1. The van der Waals surface area contributed by atoms with Gasteiger partial charge >= 0.3 is 12.0 Å². The van der Waals surface area contributed by atoms with Gasteiger partial charge in [0.05, 0.1) is 16.6 Å². The van der Waals surface area contributed by atoms with Crippen LogP contribution in [0.15, 0.2) is 18.2 Å². The summed E-state index contributed by atoms with van der Waals surface area (Å²) in [7, 11) is 0. The van der Waals surface area contributed by atoms with E-state index in [1.807, 2.05) is 13.0 Å². The molecule has 0 radical (unpaired) electrons. The quantitative estimate of drug-likeness (QED) is 0.881. The summed E-state index contributed by atoms with van der Waals surface area (Å²) in [6.45, 7) is 4.10. The third-order valence-electron chi connectivity index (χ3n) is 3.70. The van der Waals surface area contributed by atoms with Crippen LogP contribution in [-0.4, -0.2) is 34.6 Å². The van der Waals surface area contributed by atoms with Gasteiger partial charge in [-0.25, -0.2) is 4.79 Å². The van der Waals surface area contributed by atoms with Crippen molar-refractivity contribution in [3.8, 4) is 0 Å². The summed E-state index contributed by atoms with van der Waals surface area (Å²) in [4.78, 5) is 24.8. The number of amides is 2. The Hall–Kier alpha value is -1.75. The van der Waals surface area contributed by atoms with Gasteiger partial charge in [-0.1, -0.05) is 17.7 Å². The van der Waals surface area contributed by atoms with Crippen LogP contribution in [0.25, 0.3) is 0 Å². The standard InChI is InChI=1S/C14H17ClN2O3/c1-8-3-4-12(11(15)7-8)16-14(20)17-6-5-10(9(17)2)13(18)19/h3-4,7,9-10H,5-6H2,1-2H3,(H,16,20)(H,18,19). The van der Waals surface area contributed by atoms with E-state index in [4.69, 9.17) is 16.7 Å². The van der Waals surface area contributed by atoms with E-state index >= 15 is 0 Å². The minimum Gasteiger partial charge on any atom is -0.481 e. The van der Waals surface area contributed by atoms with Crippen molar-refractivity contribution in [3.05, 3.63) is 28.8 Å². The first-order valence-corrected chi connectivity index (χ1v) is 6.84. The number of aliphatic carboxylic acids is 1. The van der Waals surface area contributed by atoms with Crippen LogP contribution in [0, 0.1) is 12.8 Å². The lowest BCUT2D eigenvalue weighted by atomic mass is 10.0. The predicted octanol–water partition coefficient (Wildman–Crippen LogP) is 2.98. The highest BCUT2D eigenvalue weighted by atomic mass is 35.5. The number of carbonyl (C=O) groups excluding carboxylic acids is 1.